The van der Waals surface area contributed by atoms with Gasteiger partial charge in [0, 0.05) is 14.9 Å². The average molecular weight is 414 g/mol. The minimum Gasteiger partial charge on any atom is -0.495 e. The third-order valence-corrected chi connectivity index (χ3v) is 4.82. The summed E-state index contributed by atoms with van der Waals surface area (Å²) in [5.41, 5.74) is 0.407. The Bertz CT molecular complexity index is 783. The van der Waals surface area contributed by atoms with Crippen molar-refractivity contribution in [2.75, 3.05) is 19.0 Å². The molecule has 2 aromatic rings. The number of ether oxygens (including phenoxy) is 2. The summed E-state index contributed by atoms with van der Waals surface area (Å²) in [6, 6.07) is 11.9. The van der Waals surface area contributed by atoms with E-state index in [1.165, 1.54) is 18.9 Å². The van der Waals surface area contributed by atoms with Crippen molar-refractivity contribution in [3.63, 3.8) is 0 Å². The summed E-state index contributed by atoms with van der Waals surface area (Å²) in [4.78, 5) is 24.9. The molecular formula is C18H17Cl2NO4S. The number of nitrogens with one attached hydrogen (secondary N) is 1. The second-order valence-corrected chi connectivity index (χ2v) is 7.50. The van der Waals surface area contributed by atoms with Crippen LogP contribution in [0.4, 0.5) is 5.69 Å². The van der Waals surface area contributed by atoms with E-state index in [9.17, 15) is 9.59 Å². The number of amides is 1. The van der Waals surface area contributed by atoms with Gasteiger partial charge in [0.15, 0.2) is 6.61 Å². The van der Waals surface area contributed by atoms with Gasteiger partial charge in [0.2, 0.25) is 0 Å². The van der Waals surface area contributed by atoms with E-state index in [0.717, 1.165) is 4.90 Å². The molecule has 0 radical (unpaired) electrons. The molecule has 0 aliphatic heterocycles. The van der Waals surface area contributed by atoms with Gasteiger partial charge in [-0.05, 0) is 49.4 Å². The third-order valence-electron chi connectivity index (χ3n) is 3.24. The normalized spacial score (nSPS) is 11.5. The first kappa shape index (κ1) is 20.4. The lowest BCUT2D eigenvalue weighted by atomic mass is 10.3. The van der Waals surface area contributed by atoms with E-state index in [1.54, 1.807) is 37.3 Å². The summed E-state index contributed by atoms with van der Waals surface area (Å²) < 4.78 is 10.2. The van der Waals surface area contributed by atoms with Gasteiger partial charge in [-0.1, -0.05) is 23.2 Å². The van der Waals surface area contributed by atoms with Gasteiger partial charge in [-0.2, -0.15) is 0 Å². The first-order chi connectivity index (χ1) is 12.4. The van der Waals surface area contributed by atoms with E-state index in [4.69, 9.17) is 32.7 Å². The van der Waals surface area contributed by atoms with Crippen LogP contribution in [0.5, 0.6) is 5.75 Å². The topological polar surface area (TPSA) is 64.6 Å². The lowest BCUT2D eigenvalue weighted by Gasteiger charge is -2.13. The second-order valence-electron chi connectivity index (χ2n) is 5.21. The zero-order valence-electron chi connectivity index (χ0n) is 14.1. The van der Waals surface area contributed by atoms with Crippen LogP contribution in [0.25, 0.3) is 0 Å². The molecule has 8 heteroatoms. The Morgan fingerprint density at radius 3 is 2.42 bits per heavy atom. The Labute approximate surface area is 166 Å². The molecule has 26 heavy (non-hydrogen) atoms. The molecule has 0 heterocycles. The quantitative estimate of drug-likeness (QED) is 0.527. The molecule has 0 aromatic heterocycles. The van der Waals surface area contributed by atoms with E-state index in [1.807, 2.05) is 12.1 Å². The second kappa shape index (κ2) is 9.71. The maximum Gasteiger partial charge on any atom is 0.319 e. The predicted octanol–water partition coefficient (Wildman–Crippen LogP) is 4.66. The number of methoxy groups -OCH3 is 1. The van der Waals surface area contributed by atoms with E-state index in [0.29, 0.717) is 21.5 Å². The lowest BCUT2D eigenvalue weighted by molar-refractivity contribution is -0.146. The Hall–Kier alpha value is -1.89. The molecule has 5 nitrogen and oxygen atoms in total. The molecule has 0 fully saturated rings. The Balaban J connectivity index is 1.85. The van der Waals surface area contributed by atoms with Gasteiger partial charge in [0.05, 0.1) is 12.8 Å². The molecule has 138 valence electrons. The van der Waals surface area contributed by atoms with Gasteiger partial charge in [-0.25, -0.2) is 0 Å². The molecule has 0 bridgehead atoms. The van der Waals surface area contributed by atoms with Crippen molar-refractivity contribution < 1.29 is 19.1 Å². The first-order valence-corrected chi connectivity index (χ1v) is 9.25. The highest BCUT2D eigenvalue weighted by atomic mass is 35.5. The molecule has 1 N–H and O–H groups in total. The van der Waals surface area contributed by atoms with Gasteiger partial charge >= 0.3 is 5.97 Å². The Morgan fingerprint density at radius 2 is 1.77 bits per heavy atom. The molecule has 1 atom stereocenters. The first-order valence-electron chi connectivity index (χ1n) is 7.61. The fraction of sp³-hybridized carbons (Fsp3) is 0.222. The summed E-state index contributed by atoms with van der Waals surface area (Å²) in [7, 11) is 1.48. The van der Waals surface area contributed by atoms with Crippen LogP contribution in [-0.4, -0.2) is 30.8 Å². The maximum atomic E-state index is 12.1. The summed E-state index contributed by atoms with van der Waals surface area (Å²) in [6.07, 6.45) is 0. The summed E-state index contributed by atoms with van der Waals surface area (Å²) in [6.45, 7) is 1.31. The van der Waals surface area contributed by atoms with Crippen molar-refractivity contribution in [2.24, 2.45) is 0 Å². The maximum absolute atomic E-state index is 12.1. The fourth-order valence-corrected chi connectivity index (χ4v) is 3.15. The molecule has 2 rings (SSSR count). The highest BCUT2D eigenvalue weighted by Gasteiger charge is 2.18. The van der Waals surface area contributed by atoms with Gasteiger partial charge in [0.1, 0.15) is 11.0 Å². The number of carbonyl (C=O) groups excluding carboxylic acids is 2. The minimum absolute atomic E-state index is 0.403. The number of anilines is 1. The molecule has 0 saturated carbocycles. The highest BCUT2D eigenvalue weighted by molar-refractivity contribution is 8.00. The van der Waals surface area contributed by atoms with Crippen molar-refractivity contribution in [1.82, 2.24) is 0 Å². The van der Waals surface area contributed by atoms with Crippen LogP contribution < -0.4 is 10.1 Å². The number of thioether (sulfide) groups is 1. The lowest BCUT2D eigenvalue weighted by Crippen LogP contribution is -2.25. The third kappa shape index (κ3) is 6.12. The van der Waals surface area contributed by atoms with Gasteiger partial charge in [0.25, 0.3) is 5.91 Å². The number of carbonyl (C=O) groups is 2. The van der Waals surface area contributed by atoms with Gasteiger partial charge in [-0.15, -0.1) is 11.8 Å². The summed E-state index contributed by atoms with van der Waals surface area (Å²) in [5, 5.41) is 3.21. The predicted molar refractivity (Wildman–Crippen MR) is 104 cm³/mol. The van der Waals surface area contributed by atoms with Crippen molar-refractivity contribution in [3.05, 3.63) is 52.5 Å². The molecule has 0 saturated heterocycles. The number of halogens is 2. The molecule has 0 unspecified atom stereocenters. The van der Waals surface area contributed by atoms with Gasteiger partial charge in [-0.3, -0.25) is 9.59 Å². The number of rotatable bonds is 7. The number of hydrogen-bond acceptors (Lipinski definition) is 5. The molecule has 0 aliphatic carbocycles. The molecule has 2 aromatic carbocycles. The van der Waals surface area contributed by atoms with Crippen molar-refractivity contribution in [1.29, 1.82) is 0 Å². The molecule has 1 amide bonds. The molecular weight excluding hydrogens is 397 g/mol. The van der Waals surface area contributed by atoms with Crippen molar-refractivity contribution in [3.8, 4) is 5.75 Å². The van der Waals surface area contributed by atoms with Crippen LogP contribution in [0.3, 0.4) is 0 Å². The zero-order valence-corrected chi connectivity index (χ0v) is 16.5. The SMILES string of the molecule is COc1ccc(Cl)cc1NC(=O)COC(=O)[C@H](C)Sc1ccc(Cl)cc1. The Kier molecular flexibility index (Phi) is 7.63. The van der Waals surface area contributed by atoms with Gasteiger partial charge < -0.3 is 14.8 Å². The van der Waals surface area contributed by atoms with Crippen molar-refractivity contribution in [2.45, 2.75) is 17.1 Å². The zero-order chi connectivity index (χ0) is 19.1. The summed E-state index contributed by atoms with van der Waals surface area (Å²) >= 11 is 13.1. The number of esters is 1. The van der Waals surface area contributed by atoms with E-state index >= 15 is 0 Å². The van der Waals surface area contributed by atoms with E-state index in [2.05, 4.69) is 5.32 Å². The van der Waals surface area contributed by atoms with E-state index in [-0.39, 0.29) is 0 Å². The number of benzene rings is 2. The Morgan fingerprint density at radius 1 is 1.12 bits per heavy atom. The standard InChI is InChI=1S/C18H17Cl2NO4S/c1-11(26-14-6-3-12(19)4-7-14)18(23)25-10-17(22)21-15-9-13(20)5-8-16(15)24-2/h3-9,11H,10H2,1-2H3,(H,21,22)/t11-/m0/s1. The average Bonchev–Trinajstić information content (AvgIpc) is 2.61. The van der Waals surface area contributed by atoms with E-state index < -0.39 is 23.7 Å². The van der Waals surface area contributed by atoms with Crippen LogP contribution >= 0.6 is 35.0 Å². The van der Waals surface area contributed by atoms with Crippen LogP contribution in [0.1, 0.15) is 6.92 Å². The van der Waals surface area contributed by atoms with Crippen LogP contribution in [0.2, 0.25) is 10.0 Å². The minimum atomic E-state index is -0.488. The molecule has 0 aliphatic rings. The highest BCUT2D eigenvalue weighted by Crippen LogP contribution is 2.28. The molecule has 0 spiro atoms. The summed E-state index contributed by atoms with van der Waals surface area (Å²) in [5.74, 6) is -0.512. The monoisotopic (exact) mass is 413 g/mol. The smallest absolute Gasteiger partial charge is 0.319 e. The van der Waals surface area contributed by atoms with Crippen LogP contribution in [0.15, 0.2) is 47.4 Å². The fourth-order valence-electron chi connectivity index (χ4n) is 1.98. The van der Waals surface area contributed by atoms with Crippen LogP contribution in [0, 0.1) is 0 Å². The largest absolute Gasteiger partial charge is 0.495 e. The van der Waals surface area contributed by atoms with Crippen molar-refractivity contribution >= 4 is 52.5 Å². The number of hydrogen-bond donors (Lipinski definition) is 1. The van der Waals surface area contributed by atoms with Crippen LogP contribution in [-0.2, 0) is 14.3 Å².